The van der Waals surface area contributed by atoms with Gasteiger partial charge in [-0.25, -0.2) is 0 Å². The first-order valence-electron chi connectivity index (χ1n) is 11.8. The van der Waals surface area contributed by atoms with Gasteiger partial charge in [0.05, 0.1) is 0 Å². The van der Waals surface area contributed by atoms with E-state index in [4.69, 9.17) is 5.73 Å². The molecule has 2 aliphatic heterocycles. The van der Waals surface area contributed by atoms with Gasteiger partial charge in [0.1, 0.15) is 6.04 Å². The summed E-state index contributed by atoms with van der Waals surface area (Å²) in [6.45, 7) is 3.60. The Morgan fingerprint density at radius 3 is 2.53 bits per heavy atom. The molecule has 1 atom stereocenters. The lowest BCUT2D eigenvalue weighted by Crippen LogP contribution is -2.52. The summed E-state index contributed by atoms with van der Waals surface area (Å²) >= 11 is 0. The molecular formula is C24H35ClN4O3. The fourth-order valence-electron chi connectivity index (χ4n) is 5.28. The minimum atomic E-state index is -0.577. The molecule has 7 nitrogen and oxygen atoms in total. The average molecular weight is 463 g/mol. The minimum Gasteiger partial charge on any atom is -0.368 e. The zero-order valence-electron chi connectivity index (χ0n) is 18.8. The minimum absolute atomic E-state index is 0. The molecule has 1 saturated carbocycles. The van der Waals surface area contributed by atoms with Crippen molar-refractivity contribution in [1.29, 1.82) is 0 Å². The van der Waals surface area contributed by atoms with Crippen LogP contribution in [0.2, 0.25) is 0 Å². The van der Waals surface area contributed by atoms with Gasteiger partial charge in [-0.15, -0.1) is 12.4 Å². The first kappa shape index (κ1) is 24.5. The second-order valence-electron chi connectivity index (χ2n) is 9.17. The Morgan fingerprint density at radius 1 is 1.09 bits per heavy atom. The summed E-state index contributed by atoms with van der Waals surface area (Å²) in [7, 11) is 0. The highest BCUT2D eigenvalue weighted by atomic mass is 35.5. The summed E-state index contributed by atoms with van der Waals surface area (Å²) in [6, 6.07) is 6.10. The summed E-state index contributed by atoms with van der Waals surface area (Å²) in [5, 5.41) is 2.39. The molecule has 3 N–H and O–H groups in total. The lowest BCUT2D eigenvalue weighted by atomic mass is 9.89. The van der Waals surface area contributed by atoms with Gasteiger partial charge in [-0.1, -0.05) is 25.8 Å². The van der Waals surface area contributed by atoms with E-state index in [1.165, 1.54) is 6.42 Å². The van der Waals surface area contributed by atoms with E-state index < -0.39 is 6.04 Å². The molecule has 2 heterocycles. The van der Waals surface area contributed by atoms with E-state index >= 15 is 0 Å². The monoisotopic (exact) mass is 462 g/mol. The normalized spacial score (nSPS) is 25.2. The molecular weight excluding hydrogens is 428 g/mol. The molecule has 4 rings (SSSR count). The predicted molar refractivity (Wildman–Crippen MR) is 127 cm³/mol. The van der Waals surface area contributed by atoms with Crippen molar-refractivity contribution in [2.24, 2.45) is 5.73 Å². The highest BCUT2D eigenvalue weighted by Gasteiger charge is 2.40. The number of nitrogens with one attached hydrogen (secondary N) is 1. The molecule has 1 aliphatic carbocycles. The number of unbranched alkanes of at least 4 members (excludes halogenated alkanes) is 2. The van der Waals surface area contributed by atoms with E-state index in [0.717, 1.165) is 56.3 Å². The second kappa shape index (κ2) is 10.7. The maximum Gasteiger partial charge on any atom is 0.255 e. The molecule has 0 spiro atoms. The van der Waals surface area contributed by atoms with Gasteiger partial charge in [-0.2, -0.15) is 0 Å². The summed E-state index contributed by atoms with van der Waals surface area (Å²) in [5.74, 6) is -0.728. The number of fused-ring (bicyclic) bond motifs is 1. The molecule has 0 radical (unpaired) electrons. The zero-order valence-corrected chi connectivity index (χ0v) is 19.7. The van der Waals surface area contributed by atoms with Crippen molar-refractivity contribution in [3.63, 3.8) is 0 Å². The molecule has 32 heavy (non-hydrogen) atoms. The zero-order chi connectivity index (χ0) is 22.0. The molecule has 3 amide bonds. The second-order valence-corrected chi connectivity index (χ2v) is 9.17. The van der Waals surface area contributed by atoms with E-state index in [2.05, 4.69) is 23.2 Å². The number of carbonyl (C=O) groups is 3. The molecule has 3 aliphatic rings. The molecule has 1 aromatic carbocycles. The molecule has 1 saturated heterocycles. The number of carbonyl (C=O) groups excluding carboxylic acids is 3. The Labute approximate surface area is 196 Å². The van der Waals surface area contributed by atoms with Gasteiger partial charge >= 0.3 is 0 Å². The topological polar surface area (TPSA) is 95.7 Å². The average Bonchev–Trinajstić information content (AvgIpc) is 3.09. The van der Waals surface area contributed by atoms with Crippen molar-refractivity contribution in [1.82, 2.24) is 10.2 Å². The SMILES string of the molecule is CCCCCN(c1cccc2c1CN(C1CCC(=O)NC1=O)C2=O)C1CCC(N)CC1.Cl. The van der Waals surface area contributed by atoms with Gasteiger partial charge in [0.2, 0.25) is 11.8 Å². The third-order valence-electron chi connectivity index (χ3n) is 7.05. The Balaban J connectivity index is 0.00000289. The number of nitrogens with two attached hydrogens (primary N) is 1. The van der Waals surface area contributed by atoms with E-state index in [-0.39, 0.29) is 36.5 Å². The third kappa shape index (κ3) is 4.94. The van der Waals surface area contributed by atoms with Crippen LogP contribution in [0.4, 0.5) is 5.69 Å². The van der Waals surface area contributed by atoms with Gasteiger partial charge in [0, 0.05) is 48.4 Å². The van der Waals surface area contributed by atoms with E-state index in [0.29, 0.717) is 30.6 Å². The predicted octanol–water partition coefficient (Wildman–Crippen LogP) is 3.14. The first-order chi connectivity index (χ1) is 15.0. The lowest BCUT2D eigenvalue weighted by molar-refractivity contribution is -0.136. The van der Waals surface area contributed by atoms with Crippen molar-refractivity contribution in [2.75, 3.05) is 11.4 Å². The number of anilines is 1. The summed E-state index contributed by atoms with van der Waals surface area (Å²) in [6.07, 6.45) is 8.33. The number of piperidine rings is 1. The Bertz CT molecular complexity index is 854. The van der Waals surface area contributed by atoms with E-state index in [1.807, 2.05) is 12.1 Å². The maximum atomic E-state index is 13.2. The van der Waals surface area contributed by atoms with Gasteiger partial charge < -0.3 is 15.5 Å². The number of nitrogens with zero attached hydrogens (tertiary/aromatic N) is 2. The van der Waals surface area contributed by atoms with Crippen LogP contribution in [-0.4, -0.2) is 47.3 Å². The van der Waals surface area contributed by atoms with Crippen molar-refractivity contribution < 1.29 is 14.4 Å². The van der Waals surface area contributed by atoms with Crippen LogP contribution in [0, 0.1) is 0 Å². The number of imide groups is 1. The van der Waals surface area contributed by atoms with Gasteiger partial charge in [-0.3, -0.25) is 19.7 Å². The first-order valence-corrected chi connectivity index (χ1v) is 11.8. The van der Waals surface area contributed by atoms with Crippen LogP contribution in [0.15, 0.2) is 18.2 Å². The van der Waals surface area contributed by atoms with Crippen LogP contribution in [0.3, 0.4) is 0 Å². The summed E-state index contributed by atoms with van der Waals surface area (Å²) < 4.78 is 0. The Morgan fingerprint density at radius 2 is 1.84 bits per heavy atom. The Hall–Kier alpha value is -2.12. The summed E-state index contributed by atoms with van der Waals surface area (Å²) in [4.78, 5) is 41.3. The highest BCUT2D eigenvalue weighted by Crippen LogP contribution is 2.37. The van der Waals surface area contributed by atoms with Crippen molar-refractivity contribution in [3.05, 3.63) is 29.3 Å². The fraction of sp³-hybridized carbons (Fsp3) is 0.625. The van der Waals surface area contributed by atoms with Crippen LogP contribution < -0.4 is 16.0 Å². The molecule has 0 aromatic heterocycles. The van der Waals surface area contributed by atoms with Crippen molar-refractivity contribution in [3.8, 4) is 0 Å². The number of hydrogen-bond acceptors (Lipinski definition) is 5. The maximum absolute atomic E-state index is 13.2. The van der Waals surface area contributed by atoms with E-state index in [1.54, 1.807) is 4.90 Å². The van der Waals surface area contributed by atoms with Crippen LogP contribution in [0.25, 0.3) is 0 Å². The number of amides is 3. The summed E-state index contributed by atoms with van der Waals surface area (Å²) in [5.41, 5.74) is 8.99. The Kier molecular flexibility index (Phi) is 8.17. The highest BCUT2D eigenvalue weighted by molar-refractivity contribution is 6.06. The van der Waals surface area contributed by atoms with Gasteiger partial charge in [0.15, 0.2) is 0 Å². The molecule has 1 unspecified atom stereocenters. The quantitative estimate of drug-likeness (QED) is 0.479. The smallest absolute Gasteiger partial charge is 0.255 e. The molecule has 1 aromatic rings. The number of hydrogen-bond donors (Lipinski definition) is 2. The molecule has 8 heteroatoms. The van der Waals surface area contributed by atoms with Gasteiger partial charge in [0.25, 0.3) is 5.91 Å². The fourth-order valence-corrected chi connectivity index (χ4v) is 5.28. The molecule has 0 bridgehead atoms. The van der Waals surface area contributed by atoms with Crippen molar-refractivity contribution >= 4 is 35.8 Å². The van der Waals surface area contributed by atoms with Crippen LogP contribution >= 0.6 is 12.4 Å². The number of benzene rings is 1. The van der Waals surface area contributed by atoms with Gasteiger partial charge in [-0.05, 0) is 50.7 Å². The largest absolute Gasteiger partial charge is 0.368 e. The van der Waals surface area contributed by atoms with Crippen LogP contribution in [0.5, 0.6) is 0 Å². The molecule has 2 fully saturated rings. The van der Waals surface area contributed by atoms with Crippen LogP contribution in [-0.2, 0) is 16.1 Å². The van der Waals surface area contributed by atoms with Crippen molar-refractivity contribution in [2.45, 2.75) is 89.4 Å². The lowest BCUT2D eigenvalue weighted by Gasteiger charge is -2.39. The third-order valence-corrected chi connectivity index (χ3v) is 7.05. The standard InChI is InChI=1S/C24H34N4O3.ClH/c1-2-3-4-14-27(17-10-8-16(25)9-11-17)20-7-5-6-18-19(20)15-28(24(18)31)21-12-13-22(29)26-23(21)30;/h5-7,16-17,21H,2-4,8-15,25H2,1H3,(H,26,29,30);1H. The molecule has 176 valence electrons. The van der Waals surface area contributed by atoms with Crippen LogP contribution in [0.1, 0.15) is 80.6 Å². The van der Waals surface area contributed by atoms with E-state index in [9.17, 15) is 14.4 Å². The number of rotatable bonds is 7. The number of halogens is 1.